The van der Waals surface area contributed by atoms with E-state index in [1.165, 1.54) is 6.07 Å². The molecule has 2 aliphatic heterocycles. The zero-order valence-electron chi connectivity index (χ0n) is 11.4. The highest BCUT2D eigenvalue weighted by molar-refractivity contribution is 6.30. The molecule has 2 heterocycles. The molecule has 0 aliphatic carbocycles. The van der Waals surface area contributed by atoms with E-state index in [2.05, 4.69) is 5.32 Å². The number of ether oxygens (including phenoxy) is 2. The third kappa shape index (κ3) is 2.98. The molecule has 2 unspecified atom stereocenters. The molecular formula is C15H19ClFNO2. The van der Waals surface area contributed by atoms with Gasteiger partial charge in [0.1, 0.15) is 5.82 Å². The van der Waals surface area contributed by atoms with Crippen LogP contribution in [-0.2, 0) is 9.47 Å². The van der Waals surface area contributed by atoms with E-state index in [1.807, 2.05) is 13.0 Å². The van der Waals surface area contributed by atoms with Crippen molar-refractivity contribution in [1.82, 2.24) is 5.32 Å². The van der Waals surface area contributed by atoms with Crippen molar-refractivity contribution in [2.24, 2.45) is 5.92 Å². The molecule has 0 saturated carbocycles. The van der Waals surface area contributed by atoms with Crippen molar-refractivity contribution in [3.63, 3.8) is 0 Å². The van der Waals surface area contributed by atoms with Crippen LogP contribution < -0.4 is 5.32 Å². The molecule has 20 heavy (non-hydrogen) atoms. The minimum Gasteiger partial charge on any atom is -0.378 e. The van der Waals surface area contributed by atoms with Gasteiger partial charge in [0.2, 0.25) is 0 Å². The van der Waals surface area contributed by atoms with E-state index in [0.717, 1.165) is 31.7 Å². The lowest BCUT2D eigenvalue weighted by Crippen LogP contribution is -2.30. The summed E-state index contributed by atoms with van der Waals surface area (Å²) in [6.07, 6.45) is 1.54. The van der Waals surface area contributed by atoms with Crippen LogP contribution in [0.4, 0.5) is 4.39 Å². The first-order valence-corrected chi connectivity index (χ1v) is 7.43. The smallest absolute Gasteiger partial charge is 0.142 e. The molecule has 1 aromatic rings. The number of benzene rings is 1. The van der Waals surface area contributed by atoms with Crippen molar-refractivity contribution in [2.45, 2.75) is 31.6 Å². The molecule has 0 spiro atoms. The Morgan fingerprint density at radius 1 is 1.45 bits per heavy atom. The SMILES string of the molecule is CC(NCC1C[C@@H]2COC[C@@H]2O1)c1ccc(Cl)c(F)c1. The Hall–Kier alpha value is -0.680. The normalized spacial score (nSPS) is 30.4. The van der Waals surface area contributed by atoms with Gasteiger partial charge in [-0.1, -0.05) is 17.7 Å². The molecule has 2 saturated heterocycles. The average Bonchev–Trinajstić information content (AvgIpc) is 3.00. The van der Waals surface area contributed by atoms with Gasteiger partial charge < -0.3 is 14.8 Å². The van der Waals surface area contributed by atoms with Gasteiger partial charge in [-0.25, -0.2) is 4.39 Å². The number of hydrogen-bond donors (Lipinski definition) is 1. The molecule has 2 fully saturated rings. The summed E-state index contributed by atoms with van der Waals surface area (Å²) in [5.74, 6) is 0.173. The van der Waals surface area contributed by atoms with Crippen molar-refractivity contribution in [1.29, 1.82) is 0 Å². The lowest BCUT2D eigenvalue weighted by atomic mass is 10.0. The van der Waals surface area contributed by atoms with E-state index in [-0.39, 0.29) is 29.1 Å². The van der Waals surface area contributed by atoms with Crippen LogP contribution in [0.1, 0.15) is 24.9 Å². The molecule has 1 aromatic carbocycles. The summed E-state index contributed by atoms with van der Waals surface area (Å²) in [5, 5.41) is 3.56. The van der Waals surface area contributed by atoms with Gasteiger partial charge in [-0.2, -0.15) is 0 Å². The molecule has 3 nitrogen and oxygen atoms in total. The number of rotatable bonds is 4. The van der Waals surface area contributed by atoms with E-state index in [4.69, 9.17) is 21.1 Å². The summed E-state index contributed by atoms with van der Waals surface area (Å²) in [4.78, 5) is 0. The van der Waals surface area contributed by atoms with Crippen LogP contribution in [0.3, 0.4) is 0 Å². The van der Waals surface area contributed by atoms with Gasteiger partial charge in [0.15, 0.2) is 0 Å². The van der Waals surface area contributed by atoms with Crippen LogP contribution in [-0.4, -0.2) is 32.0 Å². The van der Waals surface area contributed by atoms with E-state index in [9.17, 15) is 4.39 Å². The lowest BCUT2D eigenvalue weighted by molar-refractivity contribution is 0.0195. The van der Waals surface area contributed by atoms with Gasteiger partial charge in [0.25, 0.3) is 0 Å². The van der Waals surface area contributed by atoms with Crippen molar-refractivity contribution < 1.29 is 13.9 Å². The van der Waals surface area contributed by atoms with Crippen LogP contribution in [0, 0.1) is 11.7 Å². The minimum absolute atomic E-state index is 0.0713. The van der Waals surface area contributed by atoms with E-state index in [0.29, 0.717) is 5.92 Å². The monoisotopic (exact) mass is 299 g/mol. The summed E-state index contributed by atoms with van der Waals surface area (Å²) in [5.41, 5.74) is 0.897. The zero-order chi connectivity index (χ0) is 14.1. The predicted molar refractivity (Wildman–Crippen MR) is 75.4 cm³/mol. The molecule has 4 atom stereocenters. The Kier molecular flexibility index (Phi) is 4.26. The second-order valence-electron chi connectivity index (χ2n) is 5.63. The van der Waals surface area contributed by atoms with Gasteiger partial charge in [-0.05, 0) is 31.0 Å². The van der Waals surface area contributed by atoms with Gasteiger partial charge in [0.05, 0.1) is 30.4 Å². The number of fused-ring (bicyclic) bond motifs is 1. The summed E-state index contributed by atoms with van der Waals surface area (Å²) in [6, 6.07) is 5.00. The largest absolute Gasteiger partial charge is 0.378 e. The Morgan fingerprint density at radius 2 is 2.30 bits per heavy atom. The summed E-state index contributed by atoms with van der Waals surface area (Å²) < 4.78 is 24.7. The zero-order valence-corrected chi connectivity index (χ0v) is 12.2. The quantitative estimate of drug-likeness (QED) is 0.927. The Bertz CT molecular complexity index is 473. The van der Waals surface area contributed by atoms with Crippen molar-refractivity contribution in [3.05, 3.63) is 34.6 Å². The van der Waals surface area contributed by atoms with Crippen LogP contribution in [0.5, 0.6) is 0 Å². The number of nitrogens with one attached hydrogen (secondary N) is 1. The Morgan fingerprint density at radius 3 is 3.05 bits per heavy atom. The molecule has 2 aliphatic rings. The molecule has 5 heteroatoms. The summed E-state index contributed by atoms with van der Waals surface area (Å²) >= 11 is 5.69. The first-order valence-electron chi connectivity index (χ1n) is 7.05. The fraction of sp³-hybridized carbons (Fsp3) is 0.600. The number of hydrogen-bond acceptors (Lipinski definition) is 3. The van der Waals surface area contributed by atoms with Gasteiger partial charge in [-0.3, -0.25) is 0 Å². The fourth-order valence-electron chi connectivity index (χ4n) is 2.93. The second kappa shape index (κ2) is 5.98. The van der Waals surface area contributed by atoms with Crippen LogP contribution in [0.15, 0.2) is 18.2 Å². The summed E-state index contributed by atoms with van der Waals surface area (Å²) in [7, 11) is 0. The third-order valence-electron chi connectivity index (χ3n) is 4.17. The first kappa shape index (κ1) is 14.3. The molecule has 0 amide bonds. The highest BCUT2D eigenvalue weighted by atomic mass is 35.5. The molecule has 0 aromatic heterocycles. The van der Waals surface area contributed by atoms with E-state index < -0.39 is 0 Å². The van der Waals surface area contributed by atoms with Crippen molar-refractivity contribution in [2.75, 3.05) is 19.8 Å². The third-order valence-corrected chi connectivity index (χ3v) is 4.47. The molecule has 0 bridgehead atoms. The van der Waals surface area contributed by atoms with E-state index >= 15 is 0 Å². The highest BCUT2D eigenvalue weighted by Crippen LogP contribution is 2.31. The lowest BCUT2D eigenvalue weighted by Gasteiger charge is -2.18. The highest BCUT2D eigenvalue weighted by Gasteiger charge is 2.39. The molecular weight excluding hydrogens is 281 g/mol. The van der Waals surface area contributed by atoms with Crippen molar-refractivity contribution >= 4 is 11.6 Å². The standard InChI is InChI=1S/C15H19ClFNO2/c1-9(10-2-3-13(16)14(17)5-10)18-6-12-4-11-7-19-8-15(11)20-12/h2-3,5,9,11-12,15,18H,4,6-8H2,1H3/t9?,11-,12?,15+/m1/s1. The van der Waals surface area contributed by atoms with Gasteiger partial charge >= 0.3 is 0 Å². The van der Waals surface area contributed by atoms with Gasteiger partial charge in [-0.15, -0.1) is 0 Å². The molecule has 3 rings (SSSR count). The fourth-order valence-corrected chi connectivity index (χ4v) is 3.05. The van der Waals surface area contributed by atoms with Crippen LogP contribution in [0.2, 0.25) is 5.02 Å². The average molecular weight is 300 g/mol. The van der Waals surface area contributed by atoms with Crippen LogP contribution >= 0.6 is 11.6 Å². The maximum Gasteiger partial charge on any atom is 0.142 e. The van der Waals surface area contributed by atoms with Crippen molar-refractivity contribution in [3.8, 4) is 0 Å². The topological polar surface area (TPSA) is 30.5 Å². The summed E-state index contributed by atoms with van der Waals surface area (Å²) in [6.45, 7) is 4.33. The molecule has 1 N–H and O–H groups in total. The second-order valence-corrected chi connectivity index (χ2v) is 6.04. The maximum absolute atomic E-state index is 13.4. The number of halogens is 2. The van der Waals surface area contributed by atoms with E-state index in [1.54, 1.807) is 6.07 Å². The maximum atomic E-state index is 13.4. The van der Waals surface area contributed by atoms with Gasteiger partial charge in [0, 0.05) is 18.5 Å². The first-order chi connectivity index (χ1) is 9.63. The Balaban J connectivity index is 1.52. The van der Waals surface area contributed by atoms with Crippen LogP contribution in [0.25, 0.3) is 0 Å². The molecule has 110 valence electrons. The molecule has 0 radical (unpaired) electrons. The predicted octanol–water partition coefficient (Wildman–Crippen LogP) is 2.93. The minimum atomic E-state index is -0.374. The Labute approximate surface area is 123 Å².